The number of aromatic amines is 1. The van der Waals surface area contributed by atoms with Crippen LogP contribution in [0.15, 0.2) is 30.5 Å². The fourth-order valence-electron chi connectivity index (χ4n) is 2.36. The van der Waals surface area contributed by atoms with E-state index in [9.17, 15) is 4.79 Å². The van der Waals surface area contributed by atoms with E-state index in [0.29, 0.717) is 17.9 Å². The molecule has 2 aromatic rings. The molecule has 0 aliphatic heterocycles. The topological polar surface area (TPSA) is 57.8 Å². The van der Waals surface area contributed by atoms with Crippen LogP contribution in [0.4, 0.5) is 5.82 Å². The second-order valence-electron chi connectivity index (χ2n) is 5.03. The number of carbonyl (C=O) groups is 1. The second-order valence-corrected chi connectivity index (χ2v) is 5.03. The van der Waals surface area contributed by atoms with Gasteiger partial charge in [-0.05, 0) is 36.8 Å². The lowest BCUT2D eigenvalue weighted by atomic mass is 10.0. The standard InChI is InChI=1S/C15H17N3O/c1-10(19)14-9-17-18-15(14)16-8-12-4-2-3-5-13(12)11-6-7-11/h2-5,9,11H,6-8H2,1H3,(H2,16,17,18). The van der Waals surface area contributed by atoms with E-state index in [1.165, 1.54) is 24.0 Å². The van der Waals surface area contributed by atoms with E-state index in [0.717, 1.165) is 5.92 Å². The summed E-state index contributed by atoms with van der Waals surface area (Å²) in [4.78, 5) is 11.4. The molecule has 1 aliphatic rings. The predicted octanol–water partition coefficient (Wildman–Crippen LogP) is 3.10. The molecular weight excluding hydrogens is 238 g/mol. The van der Waals surface area contributed by atoms with E-state index in [1.807, 2.05) is 0 Å². The van der Waals surface area contributed by atoms with Crippen LogP contribution >= 0.6 is 0 Å². The fraction of sp³-hybridized carbons (Fsp3) is 0.333. The number of nitrogens with one attached hydrogen (secondary N) is 2. The molecule has 4 heteroatoms. The second kappa shape index (κ2) is 4.88. The van der Waals surface area contributed by atoms with Crippen LogP contribution < -0.4 is 5.32 Å². The van der Waals surface area contributed by atoms with E-state index in [4.69, 9.17) is 0 Å². The molecule has 0 bridgehead atoms. The number of H-pyrrole nitrogens is 1. The highest BCUT2D eigenvalue weighted by atomic mass is 16.1. The monoisotopic (exact) mass is 255 g/mol. The maximum Gasteiger partial charge on any atom is 0.165 e. The van der Waals surface area contributed by atoms with Gasteiger partial charge in [0.15, 0.2) is 11.6 Å². The van der Waals surface area contributed by atoms with Gasteiger partial charge in [0.05, 0.1) is 5.56 Å². The molecule has 1 heterocycles. The Hall–Kier alpha value is -2.10. The molecule has 0 spiro atoms. The molecule has 19 heavy (non-hydrogen) atoms. The number of ketones is 1. The van der Waals surface area contributed by atoms with Crippen molar-refractivity contribution in [2.45, 2.75) is 32.2 Å². The normalized spacial score (nSPS) is 14.4. The van der Waals surface area contributed by atoms with Gasteiger partial charge in [-0.2, -0.15) is 5.10 Å². The first-order valence-electron chi connectivity index (χ1n) is 6.62. The number of carbonyl (C=O) groups excluding carboxylic acids is 1. The summed E-state index contributed by atoms with van der Waals surface area (Å²) in [5.41, 5.74) is 3.33. The van der Waals surface area contributed by atoms with Gasteiger partial charge in [-0.25, -0.2) is 0 Å². The quantitative estimate of drug-likeness (QED) is 0.807. The highest BCUT2D eigenvalue weighted by Crippen LogP contribution is 2.41. The van der Waals surface area contributed by atoms with Crippen molar-refractivity contribution in [2.75, 3.05) is 5.32 Å². The number of Topliss-reactive ketones (excluding diaryl/α,β-unsaturated/α-hetero) is 1. The molecule has 0 atom stereocenters. The number of benzene rings is 1. The molecule has 1 fully saturated rings. The molecule has 0 amide bonds. The van der Waals surface area contributed by atoms with Crippen LogP contribution in [-0.2, 0) is 6.54 Å². The van der Waals surface area contributed by atoms with Crippen molar-refractivity contribution in [2.24, 2.45) is 0 Å². The van der Waals surface area contributed by atoms with Crippen molar-refractivity contribution < 1.29 is 4.79 Å². The first kappa shape index (κ1) is 12.0. The smallest absolute Gasteiger partial charge is 0.165 e. The van der Waals surface area contributed by atoms with Crippen LogP contribution in [0.1, 0.15) is 47.2 Å². The van der Waals surface area contributed by atoms with E-state index < -0.39 is 0 Å². The summed E-state index contributed by atoms with van der Waals surface area (Å²) in [6.07, 6.45) is 4.22. The molecule has 1 aromatic carbocycles. The van der Waals surface area contributed by atoms with Crippen LogP contribution in [0.3, 0.4) is 0 Å². The van der Waals surface area contributed by atoms with Crippen LogP contribution in [0.25, 0.3) is 0 Å². The summed E-state index contributed by atoms with van der Waals surface area (Å²) in [7, 11) is 0. The molecular formula is C15H17N3O. The summed E-state index contributed by atoms with van der Waals surface area (Å²) >= 11 is 0. The lowest BCUT2D eigenvalue weighted by molar-refractivity contribution is 0.101. The molecule has 98 valence electrons. The van der Waals surface area contributed by atoms with Gasteiger partial charge in [-0.3, -0.25) is 9.89 Å². The van der Waals surface area contributed by atoms with Crippen molar-refractivity contribution in [3.05, 3.63) is 47.2 Å². The minimum Gasteiger partial charge on any atom is -0.364 e. The highest BCUT2D eigenvalue weighted by Gasteiger charge is 2.25. The molecule has 4 nitrogen and oxygen atoms in total. The number of hydrogen-bond acceptors (Lipinski definition) is 3. The highest BCUT2D eigenvalue weighted by molar-refractivity contribution is 5.98. The number of nitrogens with zero attached hydrogens (tertiary/aromatic N) is 1. The summed E-state index contributed by atoms with van der Waals surface area (Å²) in [5, 5.41) is 10.1. The number of hydrogen-bond donors (Lipinski definition) is 2. The van der Waals surface area contributed by atoms with Crippen molar-refractivity contribution in [1.29, 1.82) is 0 Å². The zero-order valence-electron chi connectivity index (χ0n) is 10.9. The fourth-order valence-corrected chi connectivity index (χ4v) is 2.36. The summed E-state index contributed by atoms with van der Waals surface area (Å²) in [5.74, 6) is 1.38. The van der Waals surface area contributed by atoms with Gasteiger partial charge in [-0.1, -0.05) is 24.3 Å². The third-order valence-electron chi connectivity index (χ3n) is 3.54. The number of anilines is 1. The first-order valence-corrected chi connectivity index (χ1v) is 6.62. The maximum absolute atomic E-state index is 11.4. The Morgan fingerprint density at radius 2 is 2.21 bits per heavy atom. The minimum absolute atomic E-state index is 0.0201. The van der Waals surface area contributed by atoms with Crippen molar-refractivity contribution >= 4 is 11.6 Å². The first-order chi connectivity index (χ1) is 9.25. The average Bonchev–Trinajstić information content (AvgIpc) is 3.14. The van der Waals surface area contributed by atoms with Gasteiger partial charge in [0.1, 0.15) is 0 Å². The Morgan fingerprint density at radius 1 is 1.42 bits per heavy atom. The Morgan fingerprint density at radius 3 is 2.95 bits per heavy atom. The van der Waals surface area contributed by atoms with Crippen molar-refractivity contribution in [1.82, 2.24) is 10.2 Å². The van der Waals surface area contributed by atoms with Gasteiger partial charge in [0, 0.05) is 12.7 Å². The minimum atomic E-state index is 0.0201. The van der Waals surface area contributed by atoms with Gasteiger partial charge < -0.3 is 5.32 Å². The molecule has 3 rings (SSSR count). The third-order valence-corrected chi connectivity index (χ3v) is 3.54. The van der Waals surface area contributed by atoms with Crippen LogP contribution in [0.5, 0.6) is 0 Å². The lowest BCUT2D eigenvalue weighted by Gasteiger charge is -2.10. The molecule has 2 N–H and O–H groups in total. The Balaban J connectivity index is 1.75. The Labute approximate surface area is 112 Å². The van der Waals surface area contributed by atoms with Crippen LogP contribution in [0, 0.1) is 0 Å². The van der Waals surface area contributed by atoms with E-state index in [-0.39, 0.29) is 5.78 Å². The molecule has 1 aliphatic carbocycles. The number of aromatic nitrogens is 2. The summed E-state index contributed by atoms with van der Waals surface area (Å²) in [6, 6.07) is 8.48. The Kier molecular flexibility index (Phi) is 3.07. The molecule has 0 unspecified atom stereocenters. The molecule has 1 saturated carbocycles. The van der Waals surface area contributed by atoms with Gasteiger partial charge >= 0.3 is 0 Å². The van der Waals surface area contributed by atoms with Gasteiger partial charge in [0.25, 0.3) is 0 Å². The van der Waals surface area contributed by atoms with Gasteiger partial charge in [0.2, 0.25) is 0 Å². The Bertz CT molecular complexity index is 599. The van der Waals surface area contributed by atoms with E-state index in [1.54, 1.807) is 13.1 Å². The lowest BCUT2D eigenvalue weighted by Crippen LogP contribution is -2.05. The largest absolute Gasteiger partial charge is 0.364 e. The zero-order valence-corrected chi connectivity index (χ0v) is 10.9. The van der Waals surface area contributed by atoms with Crippen molar-refractivity contribution in [3.63, 3.8) is 0 Å². The van der Waals surface area contributed by atoms with E-state index in [2.05, 4.69) is 39.8 Å². The molecule has 0 radical (unpaired) electrons. The zero-order chi connectivity index (χ0) is 13.2. The van der Waals surface area contributed by atoms with Crippen LogP contribution in [0.2, 0.25) is 0 Å². The SMILES string of the molecule is CC(=O)c1c[nH]nc1NCc1ccccc1C1CC1. The van der Waals surface area contributed by atoms with Gasteiger partial charge in [-0.15, -0.1) is 0 Å². The van der Waals surface area contributed by atoms with E-state index >= 15 is 0 Å². The summed E-state index contributed by atoms with van der Waals surface area (Å²) < 4.78 is 0. The predicted molar refractivity (Wildman–Crippen MR) is 74.3 cm³/mol. The summed E-state index contributed by atoms with van der Waals surface area (Å²) in [6.45, 7) is 2.26. The molecule has 1 aromatic heterocycles. The number of rotatable bonds is 5. The average molecular weight is 255 g/mol. The maximum atomic E-state index is 11.4. The van der Waals surface area contributed by atoms with Crippen LogP contribution in [-0.4, -0.2) is 16.0 Å². The van der Waals surface area contributed by atoms with Crippen molar-refractivity contribution in [3.8, 4) is 0 Å². The third kappa shape index (κ3) is 2.52. The molecule has 0 saturated heterocycles.